The molecule has 0 spiro atoms. The molecule has 0 unspecified atom stereocenters. The van der Waals surface area contributed by atoms with Crippen LogP contribution in [0.15, 0.2) is 24.4 Å². The van der Waals surface area contributed by atoms with E-state index in [0.717, 1.165) is 13.2 Å². The number of nitrogens with zero attached hydrogens (tertiary/aromatic N) is 2. The molecule has 2 aromatic rings. The van der Waals surface area contributed by atoms with Crippen molar-refractivity contribution in [2.75, 3.05) is 19.7 Å². The quantitative estimate of drug-likeness (QED) is 0.917. The van der Waals surface area contributed by atoms with Gasteiger partial charge in [0.1, 0.15) is 0 Å². The zero-order valence-corrected chi connectivity index (χ0v) is 14.4. The highest BCUT2D eigenvalue weighted by atomic mass is 32.1. The summed E-state index contributed by atoms with van der Waals surface area (Å²) in [5.74, 6) is 0.656. The van der Waals surface area contributed by atoms with Crippen molar-refractivity contribution in [1.29, 1.82) is 0 Å². The lowest BCUT2D eigenvalue weighted by atomic mass is 9.94. The highest BCUT2D eigenvalue weighted by molar-refractivity contribution is 7.12. The first-order chi connectivity index (χ1) is 11.4. The molecule has 2 aliphatic heterocycles. The molecule has 23 heavy (non-hydrogen) atoms. The zero-order chi connectivity index (χ0) is 15.5. The number of nitrogens with one attached hydrogen (secondary N) is 1. The molecule has 0 saturated carbocycles. The van der Waals surface area contributed by atoms with Crippen molar-refractivity contribution in [3.8, 4) is 0 Å². The minimum atomic E-state index is 0.355. The Morgan fingerprint density at radius 3 is 2.83 bits per heavy atom. The molecule has 0 aliphatic carbocycles. The standard InChI is InChI=1S/C18H25N3OS/c1-2-12-22-17(3-1)18-5-4-15(23-18)13-21-10-7-14(8-11-21)16-6-9-19-20-16/h4-6,9,14,17H,1-3,7-8,10-13H2,(H,19,20)/t17-/m0/s1. The van der Waals surface area contributed by atoms with Crippen LogP contribution in [0.1, 0.15) is 59.6 Å². The topological polar surface area (TPSA) is 41.1 Å². The van der Waals surface area contributed by atoms with E-state index in [1.165, 1.54) is 60.6 Å². The number of rotatable bonds is 4. The van der Waals surface area contributed by atoms with E-state index in [9.17, 15) is 0 Å². The molecule has 4 nitrogen and oxygen atoms in total. The third kappa shape index (κ3) is 3.67. The van der Waals surface area contributed by atoms with Crippen LogP contribution >= 0.6 is 11.3 Å². The average Bonchev–Trinajstić information content (AvgIpc) is 3.28. The second-order valence-electron chi connectivity index (χ2n) is 6.72. The monoisotopic (exact) mass is 331 g/mol. The molecule has 5 heteroatoms. The molecule has 1 N–H and O–H groups in total. The molecular formula is C18H25N3OS. The van der Waals surface area contributed by atoms with Crippen LogP contribution in [0.5, 0.6) is 0 Å². The highest BCUT2D eigenvalue weighted by Crippen LogP contribution is 2.34. The Hall–Kier alpha value is -1.17. The van der Waals surface area contributed by atoms with Crippen LogP contribution in [0.3, 0.4) is 0 Å². The number of ether oxygens (including phenoxy) is 1. The molecule has 2 saturated heterocycles. The zero-order valence-electron chi connectivity index (χ0n) is 13.5. The van der Waals surface area contributed by atoms with E-state index in [4.69, 9.17) is 4.74 Å². The van der Waals surface area contributed by atoms with Crippen molar-refractivity contribution in [1.82, 2.24) is 15.1 Å². The second kappa shape index (κ2) is 7.16. The minimum absolute atomic E-state index is 0.355. The first kappa shape index (κ1) is 15.4. The van der Waals surface area contributed by atoms with Gasteiger partial charge in [-0.1, -0.05) is 0 Å². The van der Waals surface area contributed by atoms with Gasteiger partial charge in [0.25, 0.3) is 0 Å². The van der Waals surface area contributed by atoms with Crippen LogP contribution < -0.4 is 0 Å². The van der Waals surface area contributed by atoms with Gasteiger partial charge in [0, 0.05) is 40.7 Å². The molecule has 0 aromatic carbocycles. The van der Waals surface area contributed by atoms with Crippen LogP contribution in [0, 0.1) is 0 Å². The smallest absolute Gasteiger partial charge is 0.0916 e. The van der Waals surface area contributed by atoms with Crippen molar-refractivity contribution >= 4 is 11.3 Å². The number of aromatic amines is 1. The highest BCUT2D eigenvalue weighted by Gasteiger charge is 2.23. The summed E-state index contributed by atoms with van der Waals surface area (Å²) in [6.07, 6.45) is 8.39. The number of aromatic nitrogens is 2. The number of hydrogen-bond acceptors (Lipinski definition) is 4. The average molecular weight is 331 g/mol. The Morgan fingerprint density at radius 1 is 1.17 bits per heavy atom. The minimum Gasteiger partial charge on any atom is -0.373 e. The molecule has 0 bridgehead atoms. The van der Waals surface area contributed by atoms with Gasteiger partial charge in [-0.25, -0.2) is 0 Å². The van der Waals surface area contributed by atoms with Gasteiger partial charge in [-0.05, 0) is 63.4 Å². The molecule has 124 valence electrons. The third-order valence-corrected chi connectivity index (χ3v) is 6.27. The molecule has 2 fully saturated rings. The van der Waals surface area contributed by atoms with Crippen LogP contribution in [-0.4, -0.2) is 34.8 Å². The molecule has 2 aromatic heterocycles. The Kier molecular flexibility index (Phi) is 4.78. The first-order valence-corrected chi connectivity index (χ1v) is 9.62. The summed E-state index contributed by atoms with van der Waals surface area (Å²) >= 11 is 1.95. The van der Waals surface area contributed by atoms with Crippen molar-refractivity contribution in [2.45, 2.75) is 50.7 Å². The Bertz CT molecular complexity index is 596. The summed E-state index contributed by atoms with van der Waals surface area (Å²) in [5.41, 5.74) is 1.30. The fourth-order valence-electron chi connectivity index (χ4n) is 3.73. The fraction of sp³-hybridized carbons (Fsp3) is 0.611. The lowest BCUT2D eigenvalue weighted by Crippen LogP contribution is -2.32. The van der Waals surface area contributed by atoms with Gasteiger partial charge in [-0.15, -0.1) is 11.3 Å². The molecule has 0 radical (unpaired) electrons. The fourth-order valence-corrected chi connectivity index (χ4v) is 4.87. The van der Waals surface area contributed by atoms with Gasteiger partial charge in [0.05, 0.1) is 6.10 Å². The predicted molar refractivity (Wildman–Crippen MR) is 92.7 cm³/mol. The summed E-state index contributed by atoms with van der Waals surface area (Å²) in [6, 6.07) is 6.71. The number of piperidine rings is 1. The summed E-state index contributed by atoms with van der Waals surface area (Å²) in [4.78, 5) is 5.49. The van der Waals surface area contributed by atoms with Crippen LogP contribution in [0.25, 0.3) is 0 Å². The summed E-state index contributed by atoms with van der Waals surface area (Å²) in [7, 11) is 0. The van der Waals surface area contributed by atoms with Gasteiger partial charge in [-0.2, -0.15) is 5.10 Å². The maximum Gasteiger partial charge on any atom is 0.0916 e. The molecule has 4 rings (SSSR count). The van der Waals surface area contributed by atoms with E-state index in [1.807, 2.05) is 17.5 Å². The maximum absolute atomic E-state index is 5.91. The number of likely N-dealkylation sites (tertiary alicyclic amines) is 1. The number of H-pyrrole nitrogens is 1. The summed E-state index contributed by atoms with van der Waals surface area (Å²) in [6.45, 7) is 4.37. The molecule has 4 heterocycles. The van der Waals surface area contributed by atoms with E-state index < -0.39 is 0 Å². The van der Waals surface area contributed by atoms with Gasteiger partial charge in [-0.3, -0.25) is 10.00 Å². The van der Waals surface area contributed by atoms with Crippen LogP contribution in [0.2, 0.25) is 0 Å². The Labute approximate surface area is 141 Å². The third-order valence-electron chi connectivity index (χ3n) is 5.11. The van der Waals surface area contributed by atoms with E-state index in [2.05, 4.69) is 33.3 Å². The van der Waals surface area contributed by atoms with E-state index in [0.29, 0.717) is 12.0 Å². The second-order valence-corrected chi connectivity index (χ2v) is 7.92. The van der Waals surface area contributed by atoms with Crippen molar-refractivity contribution in [3.63, 3.8) is 0 Å². The maximum atomic E-state index is 5.91. The van der Waals surface area contributed by atoms with E-state index >= 15 is 0 Å². The van der Waals surface area contributed by atoms with Crippen molar-refractivity contribution in [2.24, 2.45) is 0 Å². The van der Waals surface area contributed by atoms with Gasteiger partial charge >= 0.3 is 0 Å². The molecule has 0 amide bonds. The van der Waals surface area contributed by atoms with E-state index in [-0.39, 0.29) is 0 Å². The SMILES string of the molecule is c1cc(C2CCN(Cc3ccc([C@@H]4CCCCO4)s3)CC2)[nH]n1. The van der Waals surface area contributed by atoms with E-state index in [1.54, 1.807) is 0 Å². The number of hydrogen-bond donors (Lipinski definition) is 1. The molecule has 2 aliphatic rings. The lowest BCUT2D eigenvalue weighted by Gasteiger charge is -2.31. The Balaban J connectivity index is 1.30. The predicted octanol–water partition coefficient (Wildman–Crippen LogP) is 4.09. The van der Waals surface area contributed by atoms with Crippen molar-refractivity contribution in [3.05, 3.63) is 39.8 Å². The normalized spacial score (nSPS) is 24.1. The van der Waals surface area contributed by atoms with Crippen LogP contribution in [0.4, 0.5) is 0 Å². The summed E-state index contributed by atoms with van der Waals surface area (Å²) < 4.78 is 5.91. The first-order valence-electron chi connectivity index (χ1n) is 8.80. The van der Waals surface area contributed by atoms with Crippen LogP contribution in [-0.2, 0) is 11.3 Å². The molecule has 1 atom stereocenters. The lowest BCUT2D eigenvalue weighted by molar-refractivity contribution is 0.0172. The van der Waals surface area contributed by atoms with Gasteiger partial charge in [0.15, 0.2) is 0 Å². The largest absolute Gasteiger partial charge is 0.373 e. The van der Waals surface area contributed by atoms with Crippen molar-refractivity contribution < 1.29 is 4.74 Å². The number of thiophene rings is 1. The van der Waals surface area contributed by atoms with Gasteiger partial charge < -0.3 is 4.74 Å². The summed E-state index contributed by atoms with van der Waals surface area (Å²) in [5, 5.41) is 7.21. The van der Waals surface area contributed by atoms with Gasteiger partial charge in [0.2, 0.25) is 0 Å². The Morgan fingerprint density at radius 2 is 2.09 bits per heavy atom. The molecular weight excluding hydrogens is 306 g/mol.